The van der Waals surface area contributed by atoms with Gasteiger partial charge in [-0.15, -0.1) is 0 Å². The van der Waals surface area contributed by atoms with Gasteiger partial charge in [0.25, 0.3) is 0 Å². The zero-order valence-electron chi connectivity index (χ0n) is 13.2. The minimum absolute atomic E-state index is 0.0894. The Morgan fingerprint density at radius 1 is 1.27 bits per heavy atom. The van der Waals surface area contributed by atoms with Crippen LogP contribution in [0, 0.1) is 0 Å². The molecule has 1 unspecified atom stereocenters. The van der Waals surface area contributed by atoms with Gasteiger partial charge in [-0.2, -0.15) is 0 Å². The molecule has 0 aromatic heterocycles. The zero-order chi connectivity index (χ0) is 15.9. The molecule has 5 heteroatoms. The van der Waals surface area contributed by atoms with Crippen molar-refractivity contribution in [2.75, 3.05) is 26.2 Å². The van der Waals surface area contributed by atoms with E-state index in [1.807, 2.05) is 18.2 Å². The van der Waals surface area contributed by atoms with Crippen LogP contribution in [-0.2, 0) is 0 Å². The summed E-state index contributed by atoms with van der Waals surface area (Å²) in [4.78, 5) is 2.44. The van der Waals surface area contributed by atoms with E-state index in [2.05, 4.69) is 17.1 Å². The van der Waals surface area contributed by atoms with Crippen molar-refractivity contribution >= 4 is 23.2 Å². The van der Waals surface area contributed by atoms with Gasteiger partial charge in [-0.05, 0) is 56.5 Å². The number of hydrogen-bond acceptors (Lipinski definition) is 3. The fourth-order valence-electron chi connectivity index (χ4n) is 2.95. The Kier molecular flexibility index (Phi) is 7.45. The van der Waals surface area contributed by atoms with Gasteiger partial charge in [0.05, 0.1) is 16.1 Å². The standard InChI is InChI=1S/C17H26Cl2N2O/c1-2-17(13-4-5-15(18)16(19)12-13)20-8-3-9-21-10-6-14(22)7-11-21/h4-5,12,14,17,20,22H,2-3,6-11H2,1H3. The molecule has 0 saturated carbocycles. The van der Waals surface area contributed by atoms with Crippen LogP contribution < -0.4 is 5.32 Å². The summed E-state index contributed by atoms with van der Waals surface area (Å²) in [6.07, 6.45) is 3.87. The molecular weight excluding hydrogens is 319 g/mol. The third-order valence-corrected chi connectivity index (χ3v) is 5.09. The topological polar surface area (TPSA) is 35.5 Å². The van der Waals surface area contributed by atoms with Crippen LogP contribution in [0.3, 0.4) is 0 Å². The summed E-state index contributed by atoms with van der Waals surface area (Å²) in [6, 6.07) is 6.18. The fraction of sp³-hybridized carbons (Fsp3) is 0.647. The number of piperidine rings is 1. The van der Waals surface area contributed by atoms with Crippen molar-refractivity contribution < 1.29 is 5.11 Å². The van der Waals surface area contributed by atoms with E-state index in [1.165, 1.54) is 5.56 Å². The first-order valence-corrected chi connectivity index (χ1v) is 8.94. The highest BCUT2D eigenvalue weighted by molar-refractivity contribution is 6.42. The maximum absolute atomic E-state index is 9.51. The van der Waals surface area contributed by atoms with Gasteiger partial charge in [0.1, 0.15) is 0 Å². The van der Waals surface area contributed by atoms with Crippen molar-refractivity contribution in [2.45, 2.75) is 44.8 Å². The molecule has 1 aromatic rings. The molecular formula is C17H26Cl2N2O. The molecule has 1 aliphatic rings. The van der Waals surface area contributed by atoms with Crippen LogP contribution in [0.1, 0.15) is 44.2 Å². The molecule has 1 aliphatic heterocycles. The van der Waals surface area contributed by atoms with Gasteiger partial charge in [-0.1, -0.05) is 36.2 Å². The molecule has 3 nitrogen and oxygen atoms in total. The predicted octanol–water partition coefficient (Wildman–Crippen LogP) is 3.88. The van der Waals surface area contributed by atoms with Gasteiger partial charge in [0, 0.05) is 19.1 Å². The lowest BCUT2D eigenvalue weighted by molar-refractivity contribution is 0.0820. The second-order valence-electron chi connectivity index (χ2n) is 6.01. The average Bonchev–Trinajstić information content (AvgIpc) is 2.52. The molecule has 0 aliphatic carbocycles. The molecule has 2 N–H and O–H groups in total. The van der Waals surface area contributed by atoms with Gasteiger partial charge >= 0.3 is 0 Å². The number of benzene rings is 1. The molecule has 1 fully saturated rings. The molecule has 1 saturated heterocycles. The number of hydrogen-bond donors (Lipinski definition) is 2. The SMILES string of the molecule is CCC(NCCCN1CCC(O)CC1)c1ccc(Cl)c(Cl)c1. The van der Waals surface area contributed by atoms with Crippen molar-refractivity contribution in [1.29, 1.82) is 0 Å². The highest BCUT2D eigenvalue weighted by Gasteiger charge is 2.16. The van der Waals surface area contributed by atoms with E-state index < -0.39 is 0 Å². The van der Waals surface area contributed by atoms with E-state index in [9.17, 15) is 5.11 Å². The monoisotopic (exact) mass is 344 g/mol. The number of likely N-dealkylation sites (tertiary alicyclic amines) is 1. The predicted molar refractivity (Wildman–Crippen MR) is 93.8 cm³/mol. The summed E-state index contributed by atoms with van der Waals surface area (Å²) in [6.45, 7) is 6.29. The summed E-state index contributed by atoms with van der Waals surface area (Å²) in [5.74, 6) is 0. The van der Waals surface area contributed by atoms with Gasteiger partial charge < -0.3 is 15.3 Å². The molecule has 0 amide bonds. The smallest absolute Gasteiger partial charge is 0.0595 e. The van der Waals surface area contributed by atoms with Crippen molar-refractivity contribution in [3.05, 3.63) is 33.8 Å². The van der Waals surface area contributed by atoms with Crippen LogP contribution in [0.5, 0.6) is 0 Å². The first-order chi connectivity index (χ1) is 10.6. The number of nitrogens with zero attached hydrogens (tertiary/aromatic N) is 1. The maximum atomic E-state index is 9.51. The van der Waals surface area contributed by atoms with Crippen LogP contribution in [-0.4, -0.2) is 42.3 Å². The van der Waals surface area contributed by atoms with E-state index in [-0.39, 0.29) is 6.10 Å². The Balaban J connectivity index is 1.73. The first-order valence-electron chi connectivity index (χ1n) is 8.19. The fourth-order valence-corrected chi connectivity index (χ4v) is 3.26. The van der Waals surface area contributed by atoms with Gasteiger partial charge in [-0.25, -0.2) is 0 Å². The first kappa shape index (κ1) is 18.0. The lowest BCUT2D eigenvalue weighted by Crippen LogP contribution is -2.37. The summed E-state index contributed by atoms with van der Waals surface area (Å²) in [7, 11) is 0. The third kappa shape index (κ3) is 5.39. The van der Waals surface area contributed by atoms with Crippen LogP contribution in [0.2, 0.25) is 10.0 Å². The third-order valence-electron chi connectivity index (χ3n) is 4.35. The number of aliphatic hydroxyl groups excluding tert-OH is 1. The summed E-state index contributed by atoms with van der Waals surface area (Å²) >= 11 is 12.1. The zero-order valence-corrected chi connectivity index (χ0v) is 14.7. The van der Waals surface area contributed by atoms with Crippen molar-refractivity contribution in [2.24, 2.45) is 0 Å². The summed E-state index contributed by atoms with van der Waals surface area (Å²) < 4.78 is 0. The largest absolute Gasteiger partial charge is 0.393 e. The minimum Gasteiger partial charge on any atom is -0.393 e. The molecule has 1 atom stereocenters. The lowest BCUT2D eigenvalue weighted by Gasteiger charge is -2.29. The molecule has 22 heavy (non-hydrogen) atoms. The van der Waals surface area contributed by atoms with Gasteiger partial charge in [0.2, 0.25) is 0 Å². The second kappa shape index (κ2) is 9.09. The highest BCUT2D eigenvalue weighted by Crippen LogP contribution is 2.26. The molecule has 124 valence electrons. The summed E-state index contributed by atoms with van der Waals surface area (Å²) in [5, 5.41) is 14.3. The van der Waals surface area contributed by atoms with E-state index >= 15 is 0 Å². The van der Waals surface area contributed by atoms with Crippen molar-refractivity contribution in [3.8, 4) is 0 Å². The Hall–Kier alpha value is -0.320. The Bertz CT molecular complexity index is 462. The average molecular weight is 345 g/mol. The quantitative estimate of drug-likeness (QED) is 0.736. The van der Waals surface area contributed by atoms with Crippen LogP contribution in [0.15, 0.2) is 18.2 Å². The van der Waals surface area contributed by atoms with Gasteiger partial charge in [0.15, 0.2) is 0 Å². The molecule has 0 bridgehead atoms. The number of halogens is 2. The number of nitrogens with one attached hydrogen (secondary N) is 1. The van der Waals surface area contributed by atoms with Crippen LogP contribution >= 0.6 is 23.2 Å². The van der Waals surface area contributed by atoms with Crippen molar-refractivity contribution in [3.63, 3.8) is 0 Å². The normalized spacial score (nSPS) is 18.5. The van der Waals surface area contributed by atoms with E-state index in [4.69, 9.17) is 23.2 Å². The molecule has 0 radical (unpaired) electrons. The maximum Gasteiger partial charge on any atom is 0.0595 e. The van der Waals surface area contributed by atoms with Gasteiger partial charge in [-0.3, -0.25) is 0 Å². The molecule has 1 heterocycles. The molecule has 0 spiro atoms. The number of rotatable bonds is 7. The highest BCUT2D eigenvalue weighted by atomic mass is 35.5. The lowest BCUT2D eigenvalue weighted by atomic mass is 10.0. The Labute approximate surface area is 143 Å². The van der Waals surface area contributed by atoms with Crippen molar-refractivity contribution in [1.82, 2.24) is 10.2 Å². The van der Waals surface area contributed by atoms with E-state index in [1.54, 1.807) is 0 Å². The minimum atomic E-state index is -0.0894. The van der Waals surface area contributed by atoms with Crippen LogP contribution in [0.4, 0.5) is 0 Å². The van der Waals surface area contributed by atoms with Crippen LogP contribution in [0.25, 0.3) is 0 Å². The number of aliphatic hydroxyl groups is 1. The van der Waals surface area contributed by atoms with E-state index in [0.717, 1.165) is 51.9 Å². The molecule has 1 aromatic carbocycles. The second-order valence-corrected chi connectivity index (χ2v) is 6.83. The summed E-state index contributed by atoms with van der Waals surface area (Å²) in [5.41, 5.74) is 1.19. The Morgan fingerprint density at radius 2 is 2.00 bits per heavy atom. The van der Waals surface area contributed by atoms with E-state index in [0.29, 0.717) is 16.1 Å². The molecule has 2 rings (SSSR count). The Morgan fingerprint density at radius 3 is 2.64 bits per heavy atom.